The Morgan fingerprint density at radius 3 is 2.65 bits per heavy atom. The summed E-state index contributed by atoms with van der Waals surface area (Å²) in [7, 11) is 0. The standard InChI is InChI=1S/C20H26F2N4O3S.HI/c1-4-14-12(3)30-18(26-14)6-7-24-20(23-5-2)25-10-13-8-16-17(28-11-27-16)9-15(13)29-19(21)22;/h8-9,19H,4-7,10-11H2,1-3H3,(H2,23,24,25);1H. The number of rotatable bonds is 9. The zero-order valence-corrected chi connectivity index (χ0v) is 20.8. The van der Waals surface area contributed by atoms with E-state index in [1.165, 1.54) is 10.9 Å². The molecule has 0 fully saturated rings. The van der Waals surface area contributed by atoms with Crippen LogP contribution in [0.3, 0.4) is 0 Å². The average molecular weight is 568 g/mol. The molecule has 1 aliphatic heterocycles. The number of alkyl halides is 2. The first-order chi connectivity index (χ1) is 14.5. The number of halogens is 3. The zero-order chi connectivity index (χ0) is 21.5. The summed E-state index contributed by atoms with van der Waals surface area (Å²) in [6.07, 6.45) is 1.71. The Morgan fingerprint density at radius 2 is 2.00 bits per heavy atom. The first-order valence-electron chi connectivity index (χ1n) is 9.84. The Kier molecular flexibility index (Phi) is 10.0. The molecule has 0 atom stereocenters. The lowest BCUT2D eigenvalue weighted by molar-refractivity contribution is -0.0505. The maximum Gasteiger partial charge on any atom is 0.387 e. The molecule has 1 aromatic carbocycles. The van der Waals surface area contributed by atoms with Gasteiger partial charge in [-0.15, -0.1) is 35.3 Å². The normalized spacial score (nSPS) is 12.6. The molecule has 172 valence electrons. The van der Waals surface area contributed by atoms with Crippen LogP contribution >= 0.6 is 35.3 Å². The summed E-state index contributed by atoms with van der Waals surface area (Å²) in [6.45, 7) is 4.73. The fraction of sp³-hybridized carbons (Fsp3) is 0.500. The van der Waals surface area contributed by atoms with E-state index in [0.29, 0.717) is 36.1 Å². The van der Waals surface area contributed by atoms with E-state index >= 15 is 0 Å². The van der Waals surface area contributed by atoms with Crippen LogP contribution in [-0.4, -0.2) is 37.4 Å². The molecule has 11 heteroatoms. The minimum atomic E-state index is -2.94. The largest absolute Gasteiger partial charge is 0.454 e. The lowest BCUT2D eigenvalue weighted by Gasteiger charge is -2.13. The molecule has 0 bridgehead atoms. The van der Waals surface area contributed by atoms with Crippen molar-refractivity contribution in [1.29, 1.82) is 0 Å². The van der Waals surface area contributed by atoms with Gasteiger partial charge in [0.05, 0.1) is 17.2 Å². The van der Waals surface area contributed by atoms with Crippen molar-refractivity contribution < 1.29 is 23.0 Å². The fourth-order valence-electron chi connectivity index (χ4n) is 3.01. The third-order valence-electron chi connectivity index (χ3n) is 4.43. The van der Waals surface area contributed by atoms with E-state index < -0.39 is 6.61 Å². The Hall–Kier alpha value is -1.89. The SMILES string of the molecule is CCNC(=NCc1cc2c(cc1OC(F)F)OCO2)NCCc1nc(CC)c(C)s1.I. The van der Waals surface area contributed by atoms with Crippen molar-refractivity contribution in [3.8, 4) is 17.2 Å². The summed E-state index contributed by atoms with van der Waals surface area (Å²) < 4.78 is 40.8. The summed E-state index contributed by atoms with van der Waals surface area (Å²) in [6, 6.07) is 3.04. The van der Waals surface area contributed by atoms with E-state index in [-0.39, 0.29) is 43.1 Å². The summed E-state index contributed by atoms with van der Waals surface area (Å²) in [4.78, 5) is 10.4. The first-order valence-corrected chi connectivity index (χ1v) is 10.7. The lowest BCUT2D eigenvalue weighted by atomic mass is 10.1. The van der Waals surface area contributed by atoms with Gasteiger partial charge in [-0.25, -0.2) is 9.98 Å². The van der Waals surface area contributed by atoms with Crippen LogP contribution in [0.5, 0.6) is 17.2 Å². The summed E-state index contributed by atoms with van der Waals surface area (Å²) in [5.74, 6) is 1.49. The molecule has 0 amide bonds. The Morgan fingerprint density at radius 1 is 1.26 bits per heavy atom. The molecule has 0 radical (unpaired) electrons. The van der Waals surface area contributed by atoms with Gasteiger partial charge in [0.25, 0.3) is 0 Å². The van der Waals surface area contributed by atoms with E-state index in [2.05, 4.69) is 39.2 Å². The van der Waals surface area contributed by atoms with Crippen LogP contribution < -0.4 is 24.8 Å². The molecule has 2 aromatic rings. The zero-order valence-electron chi connectivity index (χ0n) is 17.7. The number of hydrogen-bond acceptors (Lipinski definition) is 6. The average Bonchev–Trinajstić information content (AvgIpc) is 3.30. The number of aromatic nitrogens is 1. The molecule has 2 heterocycles. The molecule has 1 aliphatic rings. The van der Waals surface area contributed by atoms with Gasteiger partial charge in [0.15, 0.2) is 17.5 Å². The van der Waals surface area contributed by atoms with E-state index in [4.69, 9.17) is 9.47 Å². The topological polar surface area (TPSA) is 77.0 Å². The van der Waals surface area contributed by atoms with E-state index in [1.807, 2.05) is 6.92 Å². The predicted molar refractivity (Wildman–Crippen MR) is 127 cm³/mol. The highest BCUT2D eigenvalue weighted by Gasteiger charge is 2.20. The highest BCUT2D eigenvalue weighted by molar-refractivity contribution is 14.0. The Labute approximate surface area is 201 Å². The van der Waals surface area contributed by atoms with Crippen molar-refractivity contribution in [3.05, 3.63) is 33.3 Å². The molecule has 1 aromatic heterocycles. The van der Waals surface area contributed by atoms with Gasteiger partial charge in [-0.1, -0.05) is 6.92 Å². The van der Waals surface area contributed by atoms with Crippen LogP contribution in [0.1, 0.15) is 35.0 Å². The number of aryl methyl sites for hydroxylation is 2. The van der Waals surface area contributed by atoms with Gasteiger partial charge in [0.1, 0.15) is 5.75 Å². The van der Waals surface area contributed by atoms with Crippen molar-refractivity contribution in [3.63, 3.8) is 0 Å². The Bertz CT molecular complexity index is 896. The molecule has 2 N–H and O–H groups in total. The molecule has 7 nitrogen and oxygen atoms in total. The molecule has 0 saturated heterocycles. The first kappa shape index (κ1) is 25.4. The third kappa shape index (κ3) is 7.06. The highest BCUT2D eigenvalue weighted by atomic mass is 127. The van der Waals surface area contributed by atoms with Gasteiger partial charge in [-0.2, -0.15) is 8.78 Å². The second-order valence-electron chi connectivity index (χ2n) is 6.53. The van der Waals surface area contributed by atoms with Crippen molar-refractivity contribution in [1.82, 2.24) is 15.6 Å². The number of ether oxygens (including phenoxy) is 3. The molecule has 0 aliphatic carbocycles. The van der Waals surface area contributed by atoms with E-state index in [9.17, 15) is 8.78 Å². The number of benzene rings is 1. The maximum absolute atomic E-state index is 12.8. The lowest BCUT2D eigenvalue weighted by Crippen LogP contribution is -2.38. The van der Waals surface area contributed by atoms with Crippen LogP contribution in [0, 0.1) is 6.92 Å². The number of hydrogen-bond donors (Lipinski definition) is 2. The van der Waals surface area contributed by atoms with Crippen LogP contribution in [0.2, 0.25) is 0 Å². The summed E-state index contributed by atoms with van der Waals surface area (Å²) >= 11 is 1.71. The van der Waals surface area contributed by atoms with Gasteiger partial charge in [-0.3, -0.25) is 0 Å². The molecule has 3 rings (SSSR count). The van der Waals surface area contributed by atoms with E-state index in [1.54, 1.807) is 17.4 Å². The summed E-state index contributed by atoms with van der Waals surface area (Å²) in [5, 5.41) is 7.50. The summed E-state index contributed by atoms with van der Waals surface area (Å²) in [5.41, 5.74) is 1.63. The van der Waals surface area contributed by atoms with Gasteiger partial charge in [0.2, 0.25) is 6.79 Å². The molecule has 0 saturated carbocycles. The molecule has 0 unspecified atom stereocenters. The highest BCUT2D eigenvalue weighted by Crippen LogP contribution is 2.39. The van der Waals surface area contributed by atoms with Gasteiger partial charge >= 0.3 is 6.61 Å². The van der Waals surface area contributed by atoms with Gasteiger partial charge in [-0.05, 0) is 26.3 Å². The van der Waals surface area contributed by atoms with Crippen molar-refractivity contribution in [2.45, 2.75) is 46.8 Å². The molecular weight excluding hydrogens is 541 g/mol. The van der Waals surface area contributed by atoms with Crippen molar-refractivity contribution in [2.24, 2.45) is 4.99 Å². The van der Waals surface area contributed by atoms with Crippen LogP contribution in [0.4, 0.5) is 8.78 Å². The van der Waals surface area contributed by atoms with Crippen LogP contribution in [0.25, 0.3) is 0 Å². The smallest absolute Gasteiger partial charge is 0.387 e. The third-order valence-corrected chi connectivity index (χ3v) is 5.50. The fourth-order valence-corrected chi connectivity index (χ4v) is 4.03. The van der Waals surface area contributed by atoms with E-state index in [0.717, 1.165) is 23.5 Å². The maximum atomic E-state index is 12.8. The van der Waals surface area contributed by atoms with Crippen molar-refractivity contribution >= 4 is 41.3 Å². The quantitative estimate of drug-likeness (QED) is 0.268. The number of nitrogens with one attached hydrogen (secondary N) is 2. The minimum absolute atomic E-state index is 0. The minimum Gasteiger partial charge on any atom is -0.454 e. The second kappa shape index (κ2) is 12.2. The van der Waals surface area contributed by atoms with Gasteiger partial charge in [0, 0.05) is 36.0 Å². The number of nitrogens with zero attached hydrogens (tertiary/aromatic N) is 2. The number of fused-ring (bicyclic) bond motifs is 1. The molecule has 31 heavy (non-hydrogen) atoms. The van der Waals surface area contributed by atoms with Gasteiger partial charge < -0.3 is 24.8 Å². The number of guanidine groups is 1. The number of thiazole rings is 1. The number of aliphatic imine (C=N–C) groups is 1. The van der Waals surface area contributed by atoms with Crippen LogP contribution in [0.15, 0.2) is 17.1 Å². The monoisotopic (exact) mass is 568 g/mol. The van der Waals surface area contributed by atoms with Crippen LogP contribution in [-0.2, 0) is 19.4 Å². The second-order valence-corrected chi connectivity index (χ2v) is 7.82. The Balaban J connectivity index is 0.00000341. The van der Waals surface area contributed by atoms with Crippen molar-refractivity contribution in [2.75, 3.05) is 19.9 Å². The predicted octanol–water partition coefficient (Wildman–Crippen LogP) is 4.26. The molecule has 0 spiro atoms. The molecular formula is C20H27F2IN4O3S.